The van der Waals surface area contributed by atoms with Crippen LogP contribution < -0.4 is 0 Å². The summed E-state index contributed by atoms with van der Waals surface area (Å²) >= 11 is 0. The summed E-state index contributed by atoms with van der Waals surface area (Å²) in [6.07, 6.45) is 10.4. The van der Waals surface area contributed by atoms with Gasteiger partial charge in [0.15, 0.2) is 0 Å². The fourth-order valence-electron chi connectivity index (χ4n) is 1.43. The first-order valence-corrected chi connectivity index (χ1v) is 6.90. The molecule has 20 heavy (non-hydrogen) atoms. The molecular formula is C14H26O6. The molecule has 4 N–H and O–H groups in total. The third-order valence-electron chi connectivity index (χ3n) is 2.43. The molecule has 0 atom stereocenters. The van der Waals surface area contributed by atoms with Crippen LogP contribution in [0, 0.1) is 0 Å². The second kappa shape index (κ2) is 17.6. The zero-order chi connectivity index (χ0) is 15.6. The van der Waals surface area contributed by atoms with E-state index in [9.17, 15) is 9.59 Å². The fraction of sp³-hybridized carbons (Fsp3) is 0.714. The van der Waals surface area contributed by atoms with E-state index in [0.717, 1.165) is 25.7 Å². The Bertz CT molecular complexity index is 236. The summed E-state index contributed by atoms with van der Waals surface area (Å²) in [6, 6.07) is 0. The maximum atomic E-state index is 9.55. The Labute approximate surface area is 119 Å². The van der Waals surface area contributed by atoms with Gasteiger partial charge in [-0.1, -0.05) is 38.5 Å². The molecule has 0 saturated heterocycles. The second-order valence-corrected chi connectivity index (χ2v) is 4.29. The molecule has 0 aliphatic rings. The van der Waals surface area contributed by atoms with Crippen molar-refractivity contribution < 1.29 is 30.0 Å². The number of rotatable bonds is 11. The number of hydrogen-bond donors (Lipinski definition) is 4. The number of aliphatic hydroxyl groups is 2. The number of carbonyl (C=O) groups is 2. The minimum Gasteiger partial charge on any atom is -0.478 e. The predicted molar refractivity (Wildman–Crippen MR) is 75.5 cm³/mol. The molecule has 0 fully saturated rings. The average molecular weight is 290 g/mol. The molecular weight excluding hydrogens is 264 g/mol. The van der Waals surface area contributed by atoms with E-state index in [2.05, 4.69) is 0 Å². The van der Waals surface area contributed by atoms with Crippen molar-refractivity contribution in [2.45, 2.75) is 51.4 Å². The zero-order valence-electron chi connectivity index (χ0n) is 11.8. The van der Waals surface area contributed by atoms with Gasteiger partial charge in [-0.15, -0.1) is 0 Å². The van der Waals surface area contributed by atoms with E-state index in [1.165, 1.54) is 25.7 Å². The van der Waals surface area contributed by atoms with Gasteiger partial charge in [-0.25, -0.2) is 9.59 Å². The molecule has 118 valence electrons. The van der Waals surface area contributed by atoms with Gasteiger partial charge < -0.3 is 20.4 Å². The summed E-state index contributed by atoms with van der Waals surface area (Å²) in [5.74, 6) is -2.51. The minimum atomic E-state index is -1.26. The van der Waals surface area contributed by atoms with Crippen molar-refractivity contribution >= 4 is 11.9 Å². The standard InChI is InChI=1S/C10H22O2.C4H4O4/c11-9-7-5-3-1-2-4-6-8-10-12;5-3(6)1-2-4(7)8/h11-12H,1-10H2;1-2H,(H,5,6)(H,7,8)/b;2-1-. The summed E-state index contributed by atoms with van der Waals surface area (Å²) in [4.78, 5) is 19.1. The molecule has 0 aromatic heterocycles. The highest BCUT2D eigenvalue weighted by atomic mass is 16.4. The van der Waals surface area contributed by atoms with Crippen LogP contribution in [-0.4, -0.2) is 45.6 Å². The summed E-state index contributed by atoms with van der Waals surface area (Å²) < 4.78 is 0. The largest absolute Gasteiger partial charge is 0.478 e. The molecule has 0 aromatic carbocycles. The van der Waals surface area contributed by atoms with E-state index in [1.807, 2.05) is 0 Å². The van der Waals surface area contributed by atoms with Crippen LogP contribution >= 0.6 is 0 Å². The van der Waals surface area contributed by atoms with Crippen LogP contribution in [0.3, 0.4) is 0 Å². The van der Waals surface area contributed by atoms with Gasteiger partial charge in [0.25, 0.3) is 0 Å². The van der Waals surface area contributed by atoms with E-state index >= 15 is 0 Å². The van der Waals surface area contributed by atoms with Gasteiger partial charge in [0.1, 0.15) is 0 Å². The van der Waals surface area contributed by atoms with Gasteiger partial charge in [0.2, 0.25) is 0 Å². The van der Waals surface area contributed by atoms with Gasteiger partial charge in [-0.3, -0.25) is 0 Å². The first-order chi connectivity index (χ1) is 9.54. The molecule has 0 spiro atoms. The maximum Gasteiger partial charge on any atom is 0.328 e. The molecule has 0 radical (unpaired) electrons. The molecule has 0 saturated carbocycles. The predicted octanol–water partition coefficient (Wildman–Crippen LogP) is 1.80. The molecule has 0 unspecified atom stereocenters. The van der Waals surface area contributed by atoms with Crippen LogP contribution in [0.1, 0.15) is 51.4 Å². The lowest BCUT2D eigenvalue weighted by atomic mass is 10.1. The normalized spacial score (nSPS) is 10.1. The van der Waals surface area contributed by atoms with Crippen LogP contribution in [0.15, 0.2) is 12.2 Å². The fourth-order valence-corrected chi connectivity index (χ4v) is 1.43. The third kappa shape index (κ3) is 25.4. The monoisotopic (exact) mass is 290 g/mol. The van der Waals surface area contributed by atoms with Crippen molar-refractivity contribution in [3.8, 4) is 0 Å². The van der Waals surface area contributed by atoms with Gasteiger partial charge in [-0.2, -0.15) is 0 Å². The average Bonchev–Trinajstić information content (AvgIpc) is 2.40. The van der Waals surface area contributed by atoms with Crippen molar-refractivity contribution in [1.29, 1.82) is 0 Å². The Hall–Kier alpha value is -1.40. The Morgan fingerprint density at radius 1 is 0.600 bits per heavy atom. The number of carboxylic acids is 2. The van der Waals surface area contributed by atoms with E-state index in [0.29, 0.717) is 25.4 Å². The molecule has 0 aliphatic carbocycles. The molecule has 0 aromatic rings. The van der Waals surface area contributed by atoms with Gasteiger partial charge in [0, 0.05) is 25.4 Å². The van der Waals surface area contributed by atoms with Gasteiger partial charge in [-0.05, 0) is 12.8 Å². The molecule has 0 aliphatic heterocycles. The summed E-state index contributed by atoms with van der Waals surface area (Å²) in [7, 11) is 0. The van der Waals surface area contributed by atoms with Crippen LogP contribution in [0.25, 0.3) is 0 Å². The van der Waals surface area contributed by atoms with E-state index < -0.39 is 11.9 Å². The zero-order valence-corrected chi connectivity index (χ0v) is 11.8. The Morgan fingerprint density at radius 2 is 0.850 bits per heavy atom. The quantitative estimate of drug-likeness (QED) is 0.341. The van der Waals surface area contributed by atoms with Crippen LogP contribution in [-0.2, 0) is 9.59 Å². The molecule has 6 heteroatoms. The van der Waals surface area contributed by atoms with Crippen LogP contribution in [0.5, 0.6) is 0 Å². The third-order valence-corrected chi connectivity index (χ3v) is 2.43. The Kier molecular flexibility index (Phi) is 18.4. The molecule has 0 amide bonds. The lowest BCUT2D eigenvalue weighted by Crippen LogP contribution is -1.91. The van der Waals surface area contributed by atoms with E-state index in [-0.39, 0.29) is 0 Å². The first-order valence-electron chi connectivity index (χ1n) is 6.90. The Balaban J connectivity index is 0. The van der Waals surface area contributed by atoms with Crippen LogP contribution in [0.2, 0.25) is 0 Å². The highest BCUT2D eigenvalue weighted by molar-refractivity contribution is 5.89. The molecule has 0 bridgehead atoms. The lowest BCUT2D eigenvalue weighted by Gasteiger charge is -1.99. The lowest BCUT2D eigenvalue weighted by molar-refractivity contribution is -0.134. The number of aliphatic carboxylic acids is 2. The summed E-state index contributed by atoms with van der Waals surface area (Å²) in [5.41, 5.74) is 0. The van der Waals surface area contributed by atoms with Gasteiger partial charge >= 0.3 is 11.9 Å². The minimum absolute atomic E-state index is 0.338. The van der Waals surface area contributed by atoms with Crippen molar-refractivity contribution in [2.24, 2.45) is 0 Å². The highest BCUT2D eigenvalue weighted by Crippen LogP contribution is 2.07. The van der Waals surface area contributed by atoms with E-state index in [4.69, 9.17) is 20.4 Å². The Morgan fingerprint density at radius 3 is 1.05 bits per heavy atom. The SMILES string of the molecule is O=C(O)/C=C\C(=O)O.OCCCCCCCCCCO. The van der Waals surface area contributed by atoms with Crippen molar-refractivity contribution in [1.82, 2.24) is 0 Å². The number of unbranched alkanes of at least 4 members (excludes halogenated alkanes) is 7. The number of hydrogen-bond acceptors (Lipinski definition) is 4. The number of carboxylic acid groups (broad SMARTS) is 2. The molecule has 0 heterocycles. The second-order valence-electron chi connectivity index (χ2n) is 4.29. The van der Waals surface area contributed by atoms with Gasteiger partial charge in [0.05, 0.1) is 0 Å². The van der Waals surface area contributed by atoms with Crippen molar-refractivity contribution in [3.63, 3.8) is 0 Å². The topological polar surface area (TPSA) is 115 Å². The van der Waals surface area contributed by atoms with Crippen LogP contribution in [0.4, 0.5) is 0 Å². The highest BCUT2D eigenvalue weighted by Gasteiger charge is 1.90. The van der Waals surface area contributed by atoms with Crippen molar-refractivity contribution in [3.05, 3.63) is 12.2 Å². The maximum absolute atomic E-state index is 9.55. The van der Waals surface area contributed by atoms with E-state index in [1.54, 1.807) is 0 Å². The summed E-state index contributed by atoms with van der Waals surface area (Å²) in [6.45, 7) is 0.676. The molecule has 6 nitrogen and oxygen atoms in total. The van der Waals surface area contributed by atoms with Crippen molar-refractivity contribution in [2.75, 3.05) is 13.2 Å². The molecule has 0 rings (SSSR count). The number of aliphatic hydroxyl groups excluding tert-OH is 2. The first kappa shape index (κ1) is 20.9. The smallest absolute Gasteiger partial charge is 0.328 e. The summed E-state index contributed by atoms with van der Waals surface area (Å²) in [5, 5.41) is 32.6.